The van der Waals surface area contributed by atoms with E-state index in [1.165, 1.54) is 37.5 Å². The van der Waals surface area contributed by atoms with Crippen molar-refractivity contribution in [2.24, 2.45) is 0 Å². The molecule has 0 unspecified atom stereocenters. The Labute approximate surface area is 242 Å². The Morgan fingerprint density at radius 1 is 1.12 bits per heavy atom. The van der Waals surface area contributed by atoms with E-state index in [9.17, 15) is 32.9 Å². The van der Waals surface area contributed by atoms with Gasteiger partial charge in [-0.1, -0.05) is 27.7 Å². The first kappa shape index (κ1) is 29.0. The average Bonchev–Trinajstić information content (AvgIpc) is 3.16. The van der Waals surface area contributed by atoms with Crippen molar-refractivity contribution in [1.29, 1.82) is 0 Å². The van der Waals surface area contributed by atoms with Gasteiger partial charge in [0.15, 0.2) is 4.32 Å². The van der Waals surface area contributed by atoms with Crippen LogP contribution in [0.15, 0.2) is 70.0 Å². The molecule has 0 aliphatic carbocycles. The Hall–Kier alpha value is -3.95. The molecule has 3 aromatic carbocycles. The number of benzene rings is 3. The second-order valence-electron chi connectivity index (χ2n) is 7.91. The van der Waals surface area contributed by atoms with Crippen molar-refractivity contribution in [1.82, 2.24) is 10.4 Å². The molecule has 0 saturated carbocycles. The highest BCUT2D eigenvalue weighted by Gasteiger charge is 2.35. The van der Waals surface area contributed by atoms with Gasteiger partial charge in [0.25, 0.3) is 11.8 Å². The molecule has 3 aromatic rings. The number of halogens is 4. The molecule has 0 spiro atoms. The van der Waals surface area contributed by atoms with Crippen LogP contribution >= 0.6 is 39.9 Å². The van der Waals surface area contributed by atoms with Crippen molar-refractivity contribution in [3.05, 3.63) is 96.8 Å². The van der Waals surface area contributed by atoms with Crippen molar-refractivity contribution in [3.63, 3.8) is 0 Å². The minimum atomic E-state index is -4.79. The molecule has 206 valence electrons. The molecule has 0 bridgehead atoms. The van der Waals surface area contributed by atoms with Gasteiger partial charge in [-0.15, -0.1) is 0 Å². The normalized spacial score (nSPS) is 14.4. The lowest BCUT2D eigenvalue weighted by molar-refractivity contribution is -0.385. The number of carbonyl (C=O) groups is 2. The topological polar surface area (TPSA) is 111 Å². The van der Waals surface area contributed by atoms with E-state index in [0.717, 1.165) is 22.8 Å². The Balaban J connectivity index is 1.61. The number of hydrazine groups is 1. The number of nitrogens with one attached hydrogen (secondary N) is 1. The van der Waals surface area contributed by atoms with Crippen LogP contribution in [0.5, 0.6) is 17.2 Å². The van der Waals surface area contributed by atoms with Gasteiger partial charge in [0, 0.05) is 21.7 Å². The smallest absolute Gasteiger partial charge is 0.416 e. The summed E-state index contributed by atoms with van der Waals surface area (Å²) in [6, 6.07) is 12.6. The van der Waals surface area contributed by atoms with E-state index in [-0.39, 0.29) is 26.1 Å². The maximum atomic E-state index is 13.1. The molecule has 40 heavy (non-hydrogen) atoms. The van der Waals surface area contributed by atoms with Crippen LogP contribution in [0.2, 0.25) is 0 Å². The lowest BCUT2D eigenvalue weighted by Gasteiger charge is -2.15. The SMILES string of the molecule is COc1ccc(C(=O)NN2C(=O)/C(=C\c3cc(Br)ccc3Oc3ccc(C(F)(F)F)cc3[N+](=O)[O-])SC2=S)cc1. The maximum absolute atomic E-state index is 13.1. The summed E-state index contributed by atoms with van der Waals surface area (Å²) in [5.74, 6) is -1.13. The number of amides is 2. The van der Waals surface area contributed by atoms with Gasteiger partial charge in [0.05, 0.1) is 22.5 Å². The van der Waals surface area contributed by atoms with E-state index in [2.05, 4.69) is 21.4 Å². The van der Waals surface area contributed by atoms with E-state index in [0.29, 0.717) is 22.4 Å². The number of nitrogens with zero attached hydrogens (tertiary/aromatic N) is 2. The Kier molecular flexibility index (Phi) is 8.46. The van der Waals surface area contributed by atoms with Crippen LogP contribution in [-0.2, 0) is 11.0 Å². The minimum absolute atomic E-state index is 0.0126. The van der Waals surface area contributed by atoms with Crippen LogP contribution in [0.3, 0.4) is 0 Å². The Morgan fingerprint density at radius 3 is 2.42 bits per heavy atom. The van der Waals surface area contributed by atoms with Crippen LogP contribution in [0.25, 0.3) is 6.08 Å². The number of thioether (sulfide) groups is 1. The number of rotatable bonds is 7. The molecule has 1 aliphatic rings. The van der Waals surface area contributed by atoms with Crippen LogP contribution in [0, 0.1) is 10.1 Å². The minimum Gasteiger partial charge on any atom is -0.497 e. The quantitative estimate of drug-likeness (QED) is 0.129. The summed E-state index contributed by atoms with van der Waals surface area (Å²) in [6.45, 7) is 0. The van der Waals surface area contributed by atoms with Crippen molar-refractivity contribution >= 4 is 67.8 Å². The van der Waals surface area contributed by atoms with Crippen molar-refractivity contribution in [2.45, 2.75) is 6.18 Å². The monoisotopic (exact) mass is 653 g/mol. The highest BCUT2D eigenvalue weighted by atomic mass is 79.9. The largest absolute Gasteiger partial charge is 0.497 e. The molecule has 0 atom stereocenters. The van der Waals surface area contributed by atoms with E-state index in [1.807, 2.05) is 0 Å². The molecule has 0 radical (unpaired) electrons. The highest BCUT2D eigenvalue weighted by molar-refractivity contribution is 9.10. The zero-order valence-electron chi connectivity index (χ0n) is 20.0. The zero-order chi connectivity index (χ0) is 29.2. The van der Waals surface area contributed by atoms with Crippen LogP contribution in [0.4, 0.5) is 18.9 Å². The number of nitro groups is 1. The molecule has 1 heterocycles. The number of nitro benzene ring substituents is 1. The lowest BCUT2D eigenvalue weighted by Crippen LogP contribution is -2.44. The molecular weight excluding hydrogens is 639 g/mol. The molecule has 1 aliphatic heterocycles. The first-order chi connectivity index (χ1) is 18.9. The van der Waals surface area contributed by atoms with Gasteiger partial charge in [-0.25, -0.2) is 0 Å². The van der Waals surface area contributed by atoms with Crippen LogP contribution in [0.1, 0.15) is 21.5 Å². The number of alkyl halides is 3. The summed E-state index contributed by atoms with van der Waals surface area (Å²) in [6.07, 6.45) is -3.40. The molecule has 4 rings (SSSR count). The molecule has 1 saturated heterocycles. The summed E-state index contributed by atoms with van der Waals surface area (Å²) in [5.41, 5.74) is 0.852. The van der Waals surface area contributed by atoms with Gasteiger partial charge in [-0.2, -0.15) is 18.2 Å². The predicted octanol–water partition coefficient (Wildman–Crippen LogP) is 6.72. The van der Waals surface area contributed by atoms with Gasteiger partial charge in [-0.3, -0.25) is 25.1 Å². The van der Waals surface area contributed by atoms with Crippen LogP contribution < -0.4 is 14.9 Å². The molecule has 0 aromatic heterocycles. The molecule has 9 nitrogen and oxygen atoms in total. The average molecular weight is 654 g/mol. The zero-order valence-corrected chi connectivity index (χ0v) is 23.2. The Bertz CT molecular complexity index is 1560. The fourth-order valence-corrected chi connectivity index (χ4v) is 4.93. The van der Waals surface area contributed by atoms with Crippen molar-refractivity contribution < 1.29 is 37.2 Å². The second-order valence-corrected chi connectivity index (χ2v) is 10.5. The summed E-state index contributed by atoms with van der Waals surface area (Å²) < 4.78 is 50.5. The number of methoxy groups -OCH3 is 1. The molecule has 1 fully saturated rings. The third-order valence-corrected chi connectivity index (χ3v) is 7.12. The Morgan fingerprint density at radius 2 is 1.80 bits per heavy atom. The first-order valence-corrected chi connectivity index (χ1v) is 12.9. The van der Waals surface area contributed by atoms with Gasteiger partial charge in [0.1, 0.15) is 11.5 Å². The molecular formula is C25H15BrF3N3O6S2. The van der Waals surface area contributed by atoms with Gasteiger partial charge >= 0.3 is 11.9 Å². The predicted molar refractivity (Wildman–Crippen MR) is 148 cm³/mol. The summed E-state index contributed by atoms with van der Waals surface area (Å²) in [4.78, 5) is 36.3. The third-order valence-electron chi connectivity index (χ3n) is 5.32. The third kappa shape index (κ3) is 6.43. The van der Waals surface area contributed by atoms with Crippen molar-refractivity contribution in [3.8, 4) is 17.2 Å². The standard InChI is InChI=1S/C25H15BrF3N3O6S2/c1-37-17-6-2-13(3-7-17)22(33)30-31-23(34)21(40-24(31)39)11-14-10-16(26)5-9-19(14)38-20-8-4-15(25(27,28)29)12-18(20)32(35)36/h2-12H,1H3,(H,30,33)/b21-11+. The summed E-state index contributed by atoms with van der Waals surface area (Å²) in [7, 11) is 1.48. The number of hydrogen-bond acceptors (Lipinski definition) is 8. The summed E-state index contributed by atoms with van der Waals surface area (Å²) in [5, 5.41) is 12.4. The number of ether oxygens (including phenoxy) is 2. The number of thiocarbonyl (C=S) groups is 1. The fraction of sp³-hybridized carbons (Fsp3) is 0.0800. The van der Waals surface area contributed by atoms with Gasteiger partial charge in [0.2, 0.25) is 5.75 Å². The van der Waals surface area contributed by atoms with E-state index < -0.39 is 39.9 Å². The highest BCUT2D eigenvalue weighted by Crippen LogP contribution is 2.40. The fourth-order valence-electron chi connectivity index (χ4n) is 3.38. The van der Waals surface area contributed by atoms with E-state index >= 15 is 0 Å². The van der Waals surface area contributed by atoms with Gasteiger partial charge in [-0.05, 0) is 72.9 Å². The van der Waals surface area contributed by atoms with E-state index in [4.69, 9.17) is 21.7 Å². The van der Waals surface area contributed by atoms with E-state index in [1.54, 1.807) is 18.2 Å². The first-order valence-electron chi connectivity index (χ1n) is 10.9. The van der Waals surface area contributed by atoms with Gasteiger partial charge < -0.3 is 9.47 Å². The molecule has 2 amide bonds. The summed E-state index contributed by atoms with van der Waals surface area (Å²) >= 11 is 9.43. The lowest BCUT2D eigenvalue weighted by atomic mass is 10.1. The van der Waals surface area contributed by atoms with Crippen LogP contribution in [-0.4, -0.2) is 33.2 Å². The number of carbonyl (C=O) groups excluding carboxylic acids is 2. The second kappa shape index (κ2) is 11.7. The maximum Gasteiger partial charge on any atom is 0.416 e. The molecule has 15 heteroatoms. The van der Waals surface area contributed by atoms with Crippen molar-refractivity contribution in [2.75, 3.05) is 7.11 Å². The molecule has 1 N–H and O–H groups in total. The number of hydrogen-bond donors (Lipinski definition) is 1.